The Balaban J connectivity index is 1.82. The van der Waals surface area contributed by atoms with Gasteiger partial charge < -0.3 is 14.5 Å². The lowest BCUT2D eigenvalue weighted by Crippen LogP contribution is -2.17. The van der Waals surface area contributed by atoms with Gasteiger partial charge in [-0.2, -0.15) is 0 Å². The predicted molar refractivity (Wildman–Crippen MR) is 133 cm³/mol. The molecule has 10 nitrogen and oxygen atoms in total. The molecular weight excluding hydrogens is 470 g/mol. The number of aromatic nitrogens is 4. The van der Waals surface area contributed by atoms with Crippen LogP contribution in [0.2, 0.25) is 0 Å². The number of aryl methyl sites for hydroxylation is 2. The number of H-pyrrole nitrogens is 1. The van der Waals surface area contributed by atoms with Crippen molar-refractivity contribution in [3.8, 4) is 22.9 Å². The van der Waals surface area contributed by atoms with Crippen molar-refractivity contribution in [3.05, 3.63) is 64.3 Å². The Morgan fingerprint density at radius 2 is 1.86 bits per heavy atom. The van der Waals surface area contributed by atoms with E-state index in [-0.39, 0.29) is 16.3 Å². The van der Waals surface area contributed by atoms with Crippen molar-refractivity contribution in [1.82, 2.24) is 19.6 Å². The number of aromatic amines is 1. The maximum Gasteiger partial charge on any atom is 0.277 e. The van der Waals surface area contributed by atoms with E-state index < -0.39 is 10.0 Å². The highest BCUT2D eigenvalue weighted by Gasteiger charge is 2.21. The van der Waals surface area contributed by atoms with Crippen molar-refractivity contribution in [1.29, 1.82) is 0 Å². The highest BCUT2D eigenvalue weighted by Crippen LogP contribution is 2.31. The molecule has 0 saturated heterocycles. The molecule has 0 saturated carbocycles. The summed E-state index contributed by atoms with van der Waals surface area (Å²) in [5, 5.41) is 4.60. The first-order chi connectivity index (χ1) is 16.8. The number of rotatable bonds is 9. The van der Waals surface area contributed by atoms with Crippen molar-refractivity contribution >= 4 is 21.2 Å². The first-order valence-corrected chi connectivity index (χ1v) is 12.7. The van der Waals surface area contributed by atoms with Crippen LogP contribution in [0.3, 0.4) is 0 Å². The molecule has 11 heteroatoms. The maximum absolute atomic E-state index is 13.1. The summed E-state index contributed by atoms with van der Waals surface area (Å²) in [4.78, 5) is 20.2. The molecule has 0 spiro atoms. The zero-order valence-electron chi connectivity index (χ0n) is 20.0. The summed E-state index contributed by atoms with van der Waals surface area (Å²) < 4.78 is 41.2. The van der Waals surface area contributed by atoms with E-state index in [1.54, 1.807) is 37.3 Å². The molecule has 4 aromatic rings. The summed E-state index contributed by atoms with van der Waals surface area (Å²) in [5.41, 5.74) is 1.30. The van der Waals surface area contributed by atoms with Crippen LogP contribution < -0.4 is 19.8 Å². The topological polar surface area (TPSA) is 128 Å². The second kappa shape index (κ2) is 9.79. The quantitative estimate of drug-likeness (QED) is 0.362. The molecule has 0 bridgehead atoms. The third-order valence-electron chi connectivity index (χ3n) is 5.37. The molecule has 0 fully saturated rings. The number of hydrogen-bond donors (Lipinski definition) is 2. The van der Waals surface area contributed by atoms with E-state index in [9.17, 15) is 13.2 Å². The number of fused-ring (bicyclic) bond motifs is 1. The molecule has 0 amide bonds. The smallest absolute Gasteiger partial charge is 0.277 e. The fraction of sp³-hybridized carbons (Fsp3) is 0.292. The van der Waals surface area contributed by atoms with Crippen LogP contribution in [0.1, 0.15) is 31.8 Å². The van der Waals surface area contributed by atoms with E-state index in [1.165, 1.54) is 23.8 Å². The van der Waals surface area contributed by atoms with Crippen LogP contribution in [0.15, 0.2) is 52.2 Å². The highest BCUT2D eigenvalue weighted by molar-refractivity contribution is 7.92. The molecule has 0 atom stereocenters. The highest BCUT2D eigenvalue weighted by atomic mass is 32.2. The van der Waals surface area contributed by atoms with Gasteiger partial charge in [-0.3, -0.25) is 9.52 Å². The lowest BCUT2D eigenvalue weighted by atomic mass is 10.2. The van der Waals surface area contributed by atoms with E-state index in [2.05, 4.69) is 19.8 Å². The summed E-state index contributed by atoms with van der Waals surface area (Å²) >= 11 is 0. The van der Waals surface area contributed by atoms with Crippen molar-refractivity contribution in [3.63, 3.8) is 0 Å². The molecule has 0 aliphatic heterocycles. The molecule has 184 valence electrons. The van der Waals surface area contributed by atoms with Crippen LogP contribution in [-0.2, 0) is 16.4 Å². The first-order valence-electron chi connectivity index (χ1n) is 11.2. The maximum atomic E-state index is 13.1. The van der Waals surface area contributed by atoms with Crippen molar-refractivity contribution in [2.75, 3.05) is 18.4 Å². The van der Waals surface area contributed by atoms with Crippen LogP contribution in [0.4, 0.5) is 5.69 Å². The van der Waals surface area contributed by atoms with Crippen LogP contribution in [-0.4, -0.2) is 41.7 Å². The number of nitrogens with zero attached hydrogens (tertiary/aromatic N) is 3. The summed E-state index contributed by atoms with van der Waals surface area (Å²) in [7, 11) is -2.41. The Hall–Kier alpha value is -3.86. The van der Waals surface area contributed by atoms with E-state index in [1.807, 2.05) is 13.8 Å². The van der Waals surface area contributed by atoms with Gasteiger partial charge in [-0.25, -0.2) is 17.9 Å². The zero-order chi connectivity index (χ0) is 25.2. The molecule has 2 heterocycles. The summed E-state index contributed by atoms with van der Waals surface area (Å²) in [6.45, 7) is 5.94. The van der Waals surface area contributed by atoms with Gasteiger partial charge in [-0.05, 0) is 62.7 Å². The van der Waals surface area contributed by atoms with Crippen LogP contribution in [0.5, 0.6) is 11.5 Å². The monoisotopic (exact) mass is 497 g/mol. The van der Waals surface area contributed by atoms with Gasteiger partial charge in [-0.15, -0.1) is 5.10 Å². The predicted octanol–water partition coefficient (Wildman–Crippen LogP) is 3.55. The van der Waals surface area contributed by atoms with Crippen LogP contribution in [0.25, 0.3) is 16.9 Å². The fourth-order valence-electron chi connectivity index (χ4n) is 3.76. The number of hydrogen-bond acceptors (Lipinski definition) is 7. The molecule has 35 heavy (non-hydrogen) atoms. The first kappa shape index (κ1) is 24.3. The van der Waals surface area contributed by atoms with Gasteiger partial charge in [0.1, 0.15) is 17.3 Å². The molecular formula is C24H27N5O5S. The van der Waals surface area contributed by atoms with Gasteiger partial charge in [0, 0.05) is 12.1 Å². The molecule has 0 aliphatic carbocycles. The lowest BCUT2D eigenvalue weighted by molar-refractivity contribution is 0.341. The third kappa shape index (κ3) is 4.85. The second-order valence-electron chi connectivity index (χ2n) is 7.85. The minimum absolute atomic E-state index is 0.00916. The van der Waals surface area contributed by atoms with Crippen molar-refractivity contribution in [2.45, 2.75) is 38.5 Å². The zero-order valence-corrected chi connectivity index (χ0v) is 20.8. The van der Waals surface area contributed by atoms with Crippen LogP contribution >= 0.6 is 0 Å². The summed E-state index contributed by atoms with van der Waals surface area (Å²) in [5.74, 6) is 1.85. The van der Waals surface area contributed by atoms with E-state index in [0.717, 1.165) is 6.42 Å². The number of ether oxygens (including phenoxy) is 2. The van der Waals surface area contributed by atoms with Gasteiger partial charge in [0.05, 0.1) is 29.9 Å². The molecule has 0 radical (unpaired) electrons. The van der Waals surface area contributed by atoms with Crippen LogP contribution in [0, 0.1) is 6.92 Å². The summed E-state index contributed by atoms with van der Waals surface area (Å²) in [6, 6.07) is 11.0. The van der Waals surface area contributed by atoms with Crippen molar-refractivity contribution < 1.29 is 17.9 Å². The van der Waals surface area contributed by atoms with Gasteiger partial charge >= 0.3 is 0 Å². The number of nitrogens with one attached hydrogen (secondary N) is 2. The molecule has 0 unspecified atom stereocenters. The third-order valence-corrected chi connectivity index (χ3v) is 6.75. The number of imidazole rings is 1. The molecule has 2 aromatic heterocycles. The number of methoxy groups -OCH3 is 1. The number of anilines is 1. The average molecular weight is 498 g/mol. The lowest BCUT2D eigenvalue weighted by Gasteiger charge is -2.14. The van der Waals surface area contributed by atoms with Crippen molar-refractivity contribution in [2.24, 2.45) is 0 Å². The van der Waals surface area contributed by atoms with Gasteiger partial charge in [0.15, 0.2) is 11.3 Å². The SMILES string of the molecule is CCCc1nc(C)c2c(=O)[nH]c(-c3cc(S(=O)(=O)Nc4ccc(OC)cc4)ccc3OCC)nn12. The standard InChI is InChI=1S/C24H27N5O5S/c1-5-7-21-25-15(3)22-24(30)26-23(27-29(21)22)19-14-18(12-13-20(19)34-6-2)35(31,32)28-16-8-10-17(33-4)11-9-16/h8-14,28H,5-7H2,1-4H3,(H,26,27,30). The normalized spacial score (nSPS) is 11.5. The minimum Gasteiger partial charge on any atom is -0.497 e. The molecule has 2 aromatic carbocycles. The average Bonchev–Trinajstić information content (AvgIpc) is 3.15. The number of sulfonamides is 1. The Labute approximate surface area is 203 Å². The molecule has 4 rings (SSSR count). The van der Waals surface area contributed by atoms with E-state index >= 15 is 0 Å². The minimum atomic E-state index is -3.95. The molecule has 2 N–H and O–H groups in total. The van der Waals surface area contributed by atoms with Gasteiger partial charge in [0.2, 0.25) is 0 Å². The Bertz CT molecular complexity index is 1520. The number of benzene rings is 2. The Kier molecular flexibility index (Phi) is 6.79. The Morgan fingerprint density at radius 3 is 2.51 bits per heavy atom. The molecule has 0 aliphatic rings. The van der Waals surface area contributed by atoms with E-state index in [4.69, 9.17) is 9.47 Å². The summed E-state index contributed by atoms with van der Waals surface area (Å²) in [6.07, 6.45) is 1.47. The fourth-order valence-corrected chi connectivity index (χ4v) is 4.84. The second-order valence-corrected chi connectivity index (χ2v) is 9.53. The van der Waals surface area contributed by atoms with Gasteiger partial charge in [0.25, 0.3) is 15.6 Å². The largest absolute Gasteiger partial charge is 0.497 e. The Morgan fingerprint density at radius 1 is 1.11 bits per heavy atom. The van der Waals surface area contributed by atoms with E-state index in [0.29, 0.717) is 52.8 Å². The van der Waals surface area contributed by atoms with Gasteiger partial charge in [-0.1, -0.05) is 6.92 Å².